The summed E-state index contributed by atoms with van der Waals surface area (Å²) in [6.45, 7) is 5.58. The van der Waals surface area contributed by atoms with Crippen LogP contribution in [0.5, 0.6) is 0 Å². The van der Waals surface area contributed by atoms with Crippen LogP contribution < -0.4 is 0 Å². The molecule has 1 saturated heterocycles. The zero-order valence-corrected chi connectivity index (χ0v) is 11.8. The van der Waals surface area contributed by atoms with Crippen LogP contribution in [0.1, 0.15) is 5.56 Å². The van der Waals surface area contributed by atoms with E-state index >= 15 is 0 Å². The molecule has 0 N–H and O–H groups in total. The van der Waals surface area contributed by atoms with Crippen LogP contribution in [0, 0.1) is 0 Å². The van der Waals surface area contributed by atoms with E-state index in [-0.39, 0.29) is 0 Å². The largest absolute Gasteiger partial charge is 0.304 e. The van der Waals surface area contributed by atoms with Gasteiger partial charge in [-0.25, -0.2) is 0 Å². The van der Waals surface area contributed by atoms with Gasteiger partial charge in [0.2, 0.25) is 0 Å². The molecule has 0 radical (unpaired) electrons. The van der Waals surface area contributed by atoms with E-state index < -0.39 is 0 Å². The van der Waals surface area contributed by atoms with E-state index in [9.17, 15) is 0 Å². The summed E-state index contributed by atoms with van der Waals surface area (Å²) in [5.41, 5.74) is 1.28. The molecule has 0 aliphatic carbocycles. The molecule has 0 bridgehead atoms. The third-order valence-corrected chi connectivity index (χ3v) is 3.60. The van der Waals surface area contributed by atoms with Crippen LogP contribution in [0.3, 0.4) is 0 Å². The number of hydrogen-bond donors (Lipinski definition) is 0. The van der Waals surface area contributed by atoms with Crippen molar-refractivity contribution < 1.29 is 0 Å². The standard InChI is InChI=1S/C12H16BrClN2/c1-15-2-4-16(5-3-15)9-10-6-11(13)8-12(14)7-10/h6-8H,2-5,9H2,1H3. The Morgan fingerprint density at radius 1 is 1.19 bits per heavy atom. The van der Waals surface area contributed by atoms with E-state index in [2.05, 4.69) is 38.8 Å². The molecule has 1 heterocycles. The average molecular weight is 304 g/mol. The Hall–Kier alpha value is -0.0900. The Labute approximate surface area is 110 Å². The van der Waals surface area contributed by atoms with Gasteiger partial charge in [0.15, 0.2) is 0 Å². The Balaban J connectivity index is 1.98. The lowest BCUT2D eigenvalue weighted by Gasteiger charge is -2.32. The van der Waals surface area contributed by atoms with Gasteiger partial charge in [-0.15, -0.1) is 0 Å². The predicted molar refractivity (Wildman–Crippen MR) is 71.9 cm³/mol. The first-order valence-electron chi connectivity index (χ1n) is 5.49. The van der Waals surface area contributed by atoms with Crippen LogP contribution in [-0.2, 0) is 6.54 Å². The van der Waals surface area contributed by atoms with Gasteiger partial charge < -0.3 is 4.90 Å². The summed E-state index contributed by atoms with van der Waals surface area (Å²) >= 11 is 9.51. The van der Waals surface area contributed by atoms with Crippen molar-refractivity contribution in [2.24, 2.45) is 0 Å². The second-order valence-electron chi connectivity index (χ2n) is 4.36. The zero-order chi connectivity index (χ0) is 11.5. The van der Waals surface area contributed by atoms with Crippen molar-refractivity contribution in [1.82, 2.24) is 9.80 Å². The Bertz CT molecular complexity index is 342. The summed E-state index contributed by atoms with van der Waals surface area (Å²) < 4.78 is 1.06. The zero-order valence-electron chi connectivity index (χ0n) is 9.42. The van der Waals surface area contributed by atoms with Crippen LogP contribution in [0.15, 0.2) is 22.7 Å². The van der Waals surface area contributed by atoms with Gasteiger partial charge in [-0.05, 0) is 30.8 Å². The molecule has 4 heteroatoms. The maximum atomic E-state index is 6.03. The lowest BCUT2D eigenvalue weighted by atomic mass is 10.2. The van der Waals surface area contributed by atoms with Crippen molar-refractivity contribution in [1.29, 1.82) is 0 Å². The molecule has 2 nitrogen and oxygen atoms in total. The molecule has 88 valence electrons. The smallest absolute Gasteiger partial charge is 0.0420 e. The number of halogens is 2. The van der Waals surface area contributed by atoms with Gasteiger partial charge in [0.25, 0.3) is 0 Å². The Morgan fingerprint density at radius 3 is 2.50 bits per heavy atom. The molecule has 2 rings (SSSR count). The van der Waals surface area contributed by atoms with E-state index in [4.69, 9.17) is 11.6 Å². The highest BCUT2D eigenvalue weighted by Gasteiger charge is 2.13. The van der Waals surface area contributed by atoms with Crippen molar-refractivity contribution in [3.63, 3.8) is 0 Å². The van der Waals surface area contributed by atoms with Crippen LogP contribution in [0.4, 0.5) is 0 Å². The van der Waals surface area contributed by atoms with Crippen LogP contribution in [0.25, 0.3) is 0 Å². The minimum absolute atomic E-state index is 0.804. The molecule has 0 aromatic heterocycles. The summed E-state index contributed by atoms with van der Waals surface area (Å²) in [5.74, 6) is 0. The van der Waals surface area contributed by atoms with Crippen LogP contribution in [0.2, 0.25) is 5.02 Å². The molecule has 0 atom stereocenters. The van der Waals surface area contributed by atoms with Crippen molar-refractivity contribution in [3.8, 4) is 0 Å². The predicted octanol–water partition coefficient (Wildman–Crippen LogP) is 2.85. The molecule has 1 aromatic carbocycles. The minimum Gasteiger partial charge on any atom is -0.304 e. The van der Waals surface area contributed by atoms with Crippen molar-refractivity contribution in [2.75, 3.05) is 33.2 Å². The highest BCUT2D eigenvalue weighted by Crippen LogP contribution is 2.20. The van der Waals surface area contributed by atoms with Gasteiger partial charge >= 0.3 is 0 Å². The number of likely N-dealkylation sites (N-methyl/N-ethyl adjacent to an activating group) is 1. The number of rotatable bonds is 2. The summed E-state index contributed by atoms with van der Waals surface area (Å²) in [6.07, 6.45) is 0. The van der Waals surface area contributed by atoms with Gasteiger partial charge in [-0.3, -0.25) is 4.90 Å². The Morgan fingerprint density at radius 2 is 1.88 bits per heavy atom. The fourth-order valence-electron chi connectivity index (χ4n) is 1.97. The second-order valence-corrected chi connectivity index (χ2v) is 5.71. The third kappa shape index (κ3) is 3.45. The number of benzene rings is 1. The number of nitrogens with zero attached hydrogens (tertiary/aromatic N) is 2. The summed E-state index contributed by atoms with van der Waals surface area (Å²) in [6, 6.07) is 6.11. The third-order valence-electron chi connectivity index (χ3n) is 2.92. The lowest BCUT2D eigenvalue weighted by molar-refractivity contribution is 0.148. The minimum atomic E-state index is 0.804. The monoisotopic (exact) mass is 302 g/mol. The fraction of sp³-hybridized carbons (Fsp3) is 0.500. The molecule has 0 amide bonds. The van der Waals surface area contributed by atoms with E-state index in [1.54, 1.807) is 0 Å². The fourth-order valence-corrected chi connectivity index (χ4v) is 2.90. The van der Waals surface area contributed by atoms with Crippen molar-refractivity contribution in [2.45, 2.75) is 6.54 Å². The SMILES string of the molecule is CN1CCN(Cc2cc(Cl)cc(Br)c2)CC1. The molecule has 1 aromatic rings. The molecular formula is C12H16BrClN2. The first kappa shape index (κ1) is 12.4. The quantitative estimate of drug-likeness (QED) is 0.829. The van der Waals surface area contributed by atoms with Crippen molar-refractivity contribution in [3.05, 3.63) is 33.3 Å². The van der Waals surface area contributed by atoms with E-state index in [1.807, 2.05) is 12.1 Å². The molecule has 1 aliphatic rings. The van der Waals surface area contributed by atoms with E-state index in [0.717, 1.165) is 42.2 Å². The molecule has 0 saturated carbocycles. The van der Waals surface area contributed by atoms with Crippen molar-refractivity contribution >= 4 is 27.5 Å². The first-order valence-corrected chi connectivity index (χ1v) is 6.66. The van der Waals surface area contributed by atoms with Gasteiger partial charge in [-0.2, -0.15) is 0 Å². The summed E-state index contributed by atoms with van der Waals surface area (Å²) in [7, 11) is 2.17. The van der Waals surface area contributed by atoms with E-state index in [0.29, 0.717) is 0 Å². The first-order chi connectivity index (χ1) is 7.63. The molecule has 0 unspecified atom stereocenters. The topological polar surface area (TPSA) is 6.48 Å². The lowest BCUT2D eigenvalue weighted by Crippen LogP contribution is -2.43. The normalized spacial score (nSPS) is 18.9. The van der Waals surface area contributed by atoms with E-state index in [1.165, 1.54) is 5.56 Å². The molecular weight excluding hydrogens is 288 g/mol. The van der Waals surface area contributed by atoms with Gasteiger partial charge in [0.05, 0.1) is 0 Å². The molecule has 1 fully saturated rings. The molecule has 0 spiro atoms. The Kier molecular flexibility index (Phi) is 4.25. The summed E-state index contributed by atoms with van der Waals surface area (Å²) in [4.78, 5) is 4.84. The second kappa shape index (κ2) is 5.50. The van der Waals surface area contributed by atoms with Gasteiger partial charge in [0.1, 0.15) is 0 Å². The van der Waals surface area contributed by atoms with Gasteiger partial charge in [-0.1, -0.05) is 27.5 Å². The number of piperazine rings is 1. The van der Waals surface area contributed by atoms with Crippen LogP contribution in [-0.4, -0.2) is 43.0 Å². The number of hydrogen-bond acceptors (Lipinski definition) is 2. The highest BCUT2D eigenvalue weighted by atomic mass is 79.9. The molecule has 1 aliphatic heterocycles. The van der Waals surface area contributed by atoms with Crippen LogP contribution >= 0.6 is 27.5 Å². The summed E-state index contributed by atoms with van der Waals surface area (Å²) in [5, 5.41) is 0.804. The maximum absolute atomic E-state index is 6.03. The van der Waals surface area contributed by atoms with Gasteiger partial charge in [0, 0.05) is 42.2 Å². The average Bonchev–Trinajstić information content (AvgIpc) is 2.20. The molecule has 16 heavy (non-hydrogen) atoms. The maximum Gasteiger partial charge on any atom is 0.0420 e. The highest BCUT2D eigenvalue weighted by molar-refractivity contribution is 9.10.